The van der Waals surface area contributed by atoms with Crippen molar-refractivity contribution in [2.24, 2.45) is 5.92 Å². The standard InChI is InChI=1S/C16H27N3/c1-12-7-5-6-8-16(12)19(4)14-9-10-15(18-11-14)13(2)17-3/h9-13,16-17H,5-8H2,1-4H3. The molecule has 0 aliphatic heterocycles. The number of hydrogen-bond acceptors (Lipinski definition) is 3. The van der Waals surface area contributed by atoms with E-state index in [9.17, 15) is 0 Å². The molecular formula is C16H27N3. The molecule has 2 rings (SSSR count). The first-order valence-electron chi connectivity index (χ1n) is 7.49. The molecule has 19 heavy (non-hydrogen) atoms. The van der Waals surface area contributed by atoms with E-state index in [4.69, 9.17) is 0 Å². The van der Waals surface area contributed by atoms with E-state index >= 15 is 0 Å². The Labute approximate surface area is 117 Å². The lowest BCUT2D eigenvalue weighted by Crippen LogP contribution is -2.39. The van der Waals surface area contributed by atoms with E-state index in [2.05, 4.69) is 48.2 Å². The summed E-state index contributed by atoms with van der Waals surface area (Å²) in [6, 6.07) is 5.33. The second kappa shape index (κ2) is 6.38. The largest absolute Gasteiger partial charge is 0.370 e. The highest BCUT2D eigenvalue weighted by atomic mass is 15.1. The van der Waals surface area contributed by atoms with Crippen molar-refractivity contribution in [1.29, 1.82) is 0 Å². The van der Waals surface area contributed by atoms with Crippen LogP contribution in [0.3, 0.4) is 0 Å². The predicted molar refractivity (Wildman–Crippen MR) is 81.5 cm³/mol. The maximum Gasteiger partial charge on any atom is 0.0571 e. The molecule has 1 aromatic heterocycles. The minimum atomic E-state index is 0.313. The van der Waals surface area contributed by atoms with Gasteiger partial charge in [0.15, 0.2) is 0 Å². The van der Waals surface area contributed by atoms with Crippen molar-refractivity contribution < 1.29 is 0 Å². The van der Waals surface area contributed by atoms with Gasteiger partial charge in [-0.2, -0.15) is 0 Å². The summed E-state index contributed by atoms with van der Waals surface area (Å²) in [4.78, 5) is 7.01. The molecule has 0 amide bonds. The van der Waals surface area contributed by atoms with Crippen molar-refractivity contribution in [2.75, 3.05) is 19.0 Å². The van der Waals surface area contributed by atoms with E-state index in [1.807, 2.05) is 13.2 Å². The molecule has 3 heteroatoms. The molecule has 1 aliphatic carbocycles. The van der Waals surface area contributed by atoms with E-state index in [-0.39, 0.29) is 0 Å². The summed E-state index contributed by atoms with van der Waals surface area (Å²) >= 11 is 0. The average molecular weight is 261 g/mol. The number of nitrogens with zero attached hydrogens (tertiary/aromatic N) is 2. The summed E-state index contributed by atoms with van der Waals surface area (Å²) in [5.41, 5.74) is 2.35. The van der Waals surface area contributed by atoms with Gasteiger partial charge in [-0.25, -0.2) is 0 Å². The van der Waals surface area contributed by atoms with Gasteiger partial charge in [0.05, 0.1) is 17.6 Å². The smallest absolute Gasteiger partial charge is 0.0571 e. The molecule has 0 saturated heterocycles. The fourth-order valence-electron chi connectivity index (χ4n) is 3.07. The van der Waals surface area contributed by atoms with Crippen molar-refractivity contribution in [2.45, 2.75) is 51.6 Å². The van der Waals surface area contributed by atoms with Gasteiger partial charge in [-0.1, -0.05) is 19.8 Å². The normalized spacial score (nSPS) is 25.1. The molecule has 3 unspecified atom stereocenters. The Hall–Kier alpha value is -1.09. The minimum absolute atomic E-state index is 0.313. The molecule has 1 N–H and O–H groups in total. The molecule has 3 nitrogen and oxygen atoms in total. The lowest BCUT2D eigenvalue weighted by Gasteiger charge is -2.37. The zero-order valence-electron chi connectivity index (χ0n) is 12.7. The number of pyridine rings is 1. The van der Waals surface area contributed by atoms with Gasteiger partial charge in [-0.3, -0.25) is 4.98 Å². The zero-order chi connectivity index (χ0) is 13.8. The highest BCUT2D eigenvalue weighted by molar-refractivity contribution is 5.45. The van der Waals surface area contributed by atoms with E-state index in [0.29, 0.717) is 12.1 Å². The fraction of sp³-hybridized carbons (Fsp3) is 0.688. The summed E-state index contributed by atoms with van der Waals surface area (Å²) in [5, 5.41) is 3.22. The summed E-state index contributed by atoms with van der Waals surface area (Å²) in [6.45, 7) is 4.51. The van der Waals surface area contributed by atoms with Crippen molar-refractivity contribution in [1.82, 2.24) is 10.3 Å². The van der Waals surface area contributed by atoms with Gasteiger partial charge in [-0.05, 0) is 44.9 Å². The maximum absolute atomic E-state index is 4.59. The quantitative estimate of drug-likeness (QED) is 0.900. The molecule has 1 aliphatic rings. The third-order valence-corrected chi connectivity index (χ3v) is 4.62. The Morgan fingerprint density at radius 2 is 2.05 bits per heavy atom. The first-order chi connectivity index (χ1) is 9.13. The molecule has 0 spiro atoms. The Bertz CT molecular complexity index is 387. The second-order valence-corrected chi connectivity index (χ2v) is 5.89. The molecule has 1 saturated carbocycles. The number of anilines is 1. The lowest BCUT2D eigenvalue weighted by atomic mass is 9.85. The van der Waals surface area contributed by atoms with Gasteiger partial charge in [0.1, 0.15) is 0 Å². The molecular weight excluding hydrogens is 234 g/mol. The van der Waals surface area contributed by atoms with Crippen LogP contribution in [0, 0.1) is 5.92 Å². The highest BCUT2D eigenvalue weighted by Crippen LogP contribution is 2.30. The highest BCUT2D eigenvalue weighted by Gasteiger charge is 2.25. The molecule has 3 atom stereocenters. The van der Waals surface area contributed by atoms with Crippen LogP contribution in [-0.4, -0.2) is 25.1 Å². The number of hydrogen-bond donors (Lipinski definition) is 1. The minimum Gasteiger partial charge on any atom is -0.370 e. The van der Waals surface area contributed by atoms with Crippen LogP contribution in [0.5, 0.6) is 0 Å². The van der Waals surface area contributed by atoms with Crippen LogP contribution in [0.25, 0.3) is 0 Å². The third-order valence-electron chi connectivity index (χ3n) is 4.62. The molecule has 0 aromatic carbocycles. The van der Waals surface area contributed by atoms with Crippen LogP contribution in [0.15, 0.2) is 18.3 Å². The third kappa shape index (κ3) is 3.27. The Morgan fingerprint density at radius 3 is 2.63 bits per heavy atom. The van der Waals surface area contributed by atoms with Gasteiger partial charge in [0, 0.05) is 19.1 Å². The SMILES string of the molecule is CNC(C)c1ccc(N(C)C2CCCCC2C)cn1. The van der Waals surface area contributed by atoms with Crippen molar-refractivity contribution in [3.63, 3.8) is 0 Å². The van der Waals surface area contributed by atoms with Gasteiger partial charge < -0.3 is 10.2 Å². The van der Waals surface area contributed by atoms with Crippen molar-refractivity contribution >= 4 is 5.69 Å². The predicted octanol–water partition coefficient (Wildman–Crippen LogP) is 3.38. The first kappa shape index (κ1) is 14.3. The van der Waals surface area contributed by atoms with Gasteiger partial charge in [0.2, 0.25) is 0 Å². The Morgan fingerprint density at radius 1 is 1.32 bits per heavy atom. The molecule has 106 valence electrons. The molecule has 0 radical (unpaired) electrons. The van der Waals surface area contributed by atoms with E-state index in [0.717, 1.165) is 11.6 Å². The molecule has 1 heterocycles. The number of aromatic nitrogens is 1. The van der Waals surface area contributed by atoms with Crippen LogP contribution in [0.2, 0.25) is 0 Å². The topological polar surface area (TPSA) is 28.2 Å². The van der Waals surface area contributed by atoms with E-state index in [1.54, 1.807) is 0 Å². The van der Waals surface area contributed by atoms with E-state index in [1.165, 1.54) is 31.4 Å². The summed E-state index contributed by atoms with van der Waals surface area (Å²) < 4.78 is 0. The van der Waals surface area contributed by atoms with Crippen molar-refractivity contribution in [3.05, 3.63) is 24.0 Å². The second-order valence-electron chi connectivity index (χ2n) is 5.89. The number of rotatable bonds is 4. The van der Waals surface area contributed by atoms with Crippen LogP contribution in [-0.2, 0) is 0 Å². The van der Waals surface area contributed by atoms with Gasteiger partial charge in [0.25, 0.3) is 0 Å². The van der Waals surface area contributed by atoms with Crippen LogP contribution < -0.4 is 10.2 Å². The summed E-state index contributed by atoms with van der Waals surface area (Å²) in [6.07, 6.45) is 7.44. The first-order valence-corrected chi connectivity index (χ1v) is 7.49. The number of nitrogens with one attached hydrogen (secondary N) is 1. The average Bonchev–Trinajstić information content (AvgIpc) is 2.46. The Kier molecular flexibility index (Phi) is 4.81. The fourth-order valence-corrected chi connectivity index (χ4v) is 3.07. The Balaban J connectivity index is 2.08. The van der Waals surface area contributed by atoms with Crippen LogP contribution in [0.1, 0.15) is 51.3 Å². The van der Waals surface area contributed by atoms with Crippen molar-refractivity contribution in [3.8, 4) is 0 Å². The van der Waals surface area contributed by atoms with Gasteiger partial charge in [-0.15, -0.1) is 0 Å². The summed E-state index contributed by atoms with van der Waals surface area (Å²) in [5.74, 6) is 0.787. The van der Waals surface area contributed by atoms with Crippen LogP contribution >= 0.6 is 0 Å². The van der Waals surface area contributed by atoms with Gasteiger partial charge >= 0.3 is 0 Å². The molecule has 1 fully saturated rings. The monoisotopic (exact) mass is 261 g/mol. The van der Waals surface area contributed by atoms with E-state index < -0.39 is 0 Å². The summed E-state index contributed by atoms with van der Waals surface area (Å²) in [7, 11) is 4.18. The maximum atomic E-state index is 4.59. The van der Waals surface area contributed by atoms with Crippen LogP contribution in [0.4, 0.5) is 5.69 Å². The zero-order valence-corrected chi connectivity index (χ0v) is 12.7. The molecule has 1 aromatic rings. The molecule has 0 bridgehead atoms. The lowest BCUT2D eigenvalue weighted by molar-refractivity contribution is 0.321.